The molecule has 1 fully saturated rings. The van der Waals surface area contributed by atoms with E-state index >= 15 is 0 Å². The molecule has 0 atom stereocenters. The highest BCUT2D eigenvalue weighted by atomic mass is 32.2. The van der Waals surface area contributed by atoms with E-state index in [1.165, 1.54) is 12.8 Å². The van der Waals surface area contributed by atoms with E-state index in [9.17, 15) is 5.11 Å². The zero-order chi connectivity index (χ0) is 6.74. The van der Waals surface area contributed by atoms with Crippen LogP contribution in [0.5, 0.6) is 0 Å². The molecule has 0 amide bonds. The maximum atomic E-state index is 9.67. The molecule has 9 heavy (non-hydrogen) atoms. The van der Waals surface area contributed by atoms with Crippen molar-refractivity contribution >= 4 is 11.8 Å². The fourth-order valence-electron chi connectivity index (χ4n) is 1.45. The predicted molar refractivity (Wildman–Crippen MR) is 41.8 cm³/mol. The minimum absolute atomic E-state index is 0.292. The molecule has 0 aromatic heterocycles. The van der Waals surface area contributed by atoms with Gasteiger partial charge in [0.05, 0.1) is 5.60 Å². The maximum Gasteiger partial charge on any atom is 0.0737 e. The molecule has 0 saturated heterocycles. The monoisotopic (exact) mass is 146 g/mol. The number of rotatable bonds is 2. The Labute approximate surface area is 60.8 Å². The summed E-state index contributed by atoms with van der Waals surface area (Å²) in [6.07, 6.45) is 6.53. The van der Waals surface area contributed by atoms with Crippen molar-refractivity contribution in [2.24, 2.45) is 0 Å². The van der Waals surface area contributed by atoms with E-state index in [4.69, 9.17) is 0 Å². The van der Waals surface area contributed by atoms with Crippen LogP contribution in [0.15, 0.2) is 0 Å². The minimum Gasteiger partial charge on any atom is -0.389 e. The van der Waals surface area contributed by atoms with Crippen molar-refractivity contribution < 1.29 is 5.11 Å². The van der Waals surface area contributed by atoms with Gasteiger partial charge in [0.2, 0.25) is 0 Å². The Morgan fingerprint density at radius 2 is 2.00 bits per heavy atom. The van der Waals surface area contributed by atoms with Crippen LogP contribution >= 0.6 is 11.8 Å². The first-order valence-corrected chi connectivity index (χ1v) is 4.88. The maximum absolute atomic E-state index is 9.67. The summed E-state index contributed by atoms with van der Waals surface area (Å²) in [6, 6.07) is 0. The molecule has 2 heteroatoms. The summed E-state index contributed by atoms with van der Waals surface area (Å²) in [5, 5.41) is 9.67. The lowest BCUT2D eigenvalue weighted by Gasteiger charge is -2.19. The van der Waals surface area contributed by atoms with Crippen molar-refractivity contribution in [1.82, 2.24) is 0 Å². The van der Waals surface area contributed by atoms with Gasteiger partial charge in [0.25, 0.3) is 0 Å². The Kier molecular flexibility index (Phi) is 2.42. The van der Waals surface area contributed by atoms with Gasteiger partial charge in [-0.2, -0.15) is 11.8 Å². The fourth-order valence-corrected chi connectivity index (χ4v) is 2.27. The van der Waals surface area contributed by atoms with Gasteiger partial charge in [0.1, 0.15) is 0 Å². The van der Waals surface area contributed by atoms with Gasteiger partial charge in [-0.05, 0) is 19.1 Å². The van der Waals surface area contributed by atoms with Crippen molar-refractivity contribution in [1.29, 1.82) is 0 Å². The van der Waals surface area contributed by atoms with Crippen molar-refractivity contribution in [3.8, 4) is 0 Å². The van der Waals surface area contributed by atoms with E-state index in [0.29, 0.717) is 0 Å². The first-order chi connectivity index (χ1) is 4.27. The van der Waals surface area contributed by atoms with E-state index in [0.717, 1.165) is 18.6 Å². The van der Waals surface area contributed by atoms with Crippen LogP contribution in [-0.2, 0) is 0 Å². The molecule has 0 spiro atoms. The van der Waals surface area contributed by atoms with E-state index in [2.05, 4.69) is 6.26 Å². The second-order valence-electron chi connectivity index (χ2n) is 2.86. The smallest absolute Gasteiger partial charge is 0.0737 e. The molecule has 0 bridgehead atoms. The molecule has 1 aliphatic rings. The number of thioether (sulfide) groups is 1. The third-order valence-corrected chi connectivity index (χ3v) is 2.77. The summed E-state index contributed by atoms with van der Waals surface area (Å²) < 4.78 is 0. The third-order valence-electron chi connectivity index (χ3n) is 1.95. The summed E-state index contributed by atoms with van der Waals surface area (Å²) in [4.78, 5) is 0. The van der Waals surface area contributed by atoms with E-state index in [1.54, 1.807) is 11.8 Å². The van der Waals surface area contributed by atoms with Gasteiger partial charge < -0.3 is 5.11 Å². The molecule has 1 nitrogen and oxygen atoms in total. The Hall–Kier alpha value is 0.310. The molecule has 0 heterocycles. The summed E-state index contributed by atoms with van der Waals surface area (Å²) in [5.74, 6) is 0.924. The van der Waals surface area contributed by atoms with Crippen molar-refractivity contribution in [3.63, 3.8) is 0 Å². The first kappa shape index (κ1) is 7.42. The lowest BCUT2D eigenvalue weighted by atomic mass is 10.1. The normalized spacial score (nSPS) is 24.7. The molecular formula is C7H14OS. The van der Waals surface area contributed by atoms with Crippen molar-refractivity contribution in [2.75, 3.05) is 12.0 Å². The van der Waals surface area contributed by atoms with Crippen LogP contribution in [0.25, 0.3) is 0 Å². The Bertz CT molecular complexity index is 86.9. The van der Waals surface area contributed by atoms with Gasteiger partial charge in [0, 0.05) is 5.75 Å². The summed E-state index contributed by atoms with van der Waals surface area (Å²) in [5.41, 5.74) is -0.292. The van der Waals surface area contributed by atoms with E-state index < -0.39 is 0 Å². The molecule has 0 radical (unpaired) electrons. The summed E-state index contributed by atoms with van der Waals surface area (Å²) >= 11 is 1.75. The Morgan fingerprint density at radius 3 is 2.44 bits per heavy atom. The second-order valence-corrected chi connectivity index (χ2v) is 3.73. The van der Waals surface area contributed by atoms with Gasteiger partial charge in [-0.1, -0.05) is 12.8 Å². The van der Waals surface area contributed by atoms with Crippen LogP contribution < -0.4 is 0 Å². The largest absolute Gasteiger partial charge is 0.389 e. The van der Waals surface area contributed by atoms with Gasteiger partial charge in [-0.25, -0.2) is 0 Å². The molecule has 1 N–H and O–H groups in total. The molecule has 1 saturated carbocycles. The van der Waals surface area contributed by atoms with E-state index in [1.807, 2.05) is 0 Å². The summed E-state index contributed by atoms with van der Waals surface area (Å²) in [7, 11) is 0. The average molecular weight is 146 g/mol. The third kappa shape index (κ3) is 1.87. The molecular weight excluding hydrogens is 132 g/mol. The number of hydrogen-bond acceptors (Lipinski definition) is 2. The van der Waals surface area contributed by atoms with Crippen LogP contribution in [0, 0.1) is 0 Å². The van der Waals surface area contributed by atoms with Gasteiger partial charge in [-0.3, -0.25) is 0 Å². The zero-order valence-corrected chi connectivity index (χ0v) is 6.71. The lowest BCUT2D eigenvalue weighted by molar-refractivity contribution is 0.0733. The Balaban J connectivity index is 2.32. The second kappa shape index (κ2) is 2.93. The highest BCUT2D eigenvalue weighted by molar-refractivity contribution is 7.98. The molecule has 1 rings (SSSR count). The van der Waals surface area contributed by atoms with Gasteiger partial charge in [-0.15, -0.1) is 0 Å². The van der Waals surface area contributed by atoms with Crippen LogP contribution in [0.3, 0.4) is 0 Å². The SMILES string of the molecule is CSCC1(O)CCCC1. The standard InChI is InChI=1S/C7H14OS/c1-9-6-7(8)4-2-3-5-7/h8H,2-6H2,1H3. The molecule has 0 aromatic rings. The summed E-state index contributed by atoms with van der Waals surface area (Å²) in [6.45, 7) is 0. The lowest BCUT2D eigenvalue weighted by Crippen LogP contribution is -2.26. The van der Waals surface area contributed by atoms with Gasteiger partial charge in [0.15, 0.2) is 0 Å². The molecule has 0 aromatic carbocycles. The van der Waals surface area contributed by atoms with Crippen LogP contribution in [-0.4, -0.2) is 22.7 Å². The highest BCUT2D eigenvalue weighted by Gasteiger charge is 2.29. The topological polar surface area (TPSA) is 20.2 Å². The van der Waals surface area contributed by atoms with Crippen LogP contribution in [0.4, 0.5) is 0 Å². The molecule has 1 aliphatic carbocycles. The number of aliphatic hydroxyl groups is 1. The minimum atomic E-state index is -0.292. The van der Waals surface area contributed by atoms with Gasteiger partial charge >= 0.3 is 0 Å². The fraction of sp³-hybridized carbons (Fsp3) is 1.00. The Morgan fingerprint density at radius 1 is 1.44 bits per heavy atom. The van der Waals surface area contributed by atoms with Crippen molar-refractivity contribution in [3.05, 3.63) is 0 Å². The quantitative estimate of drug-likeness (QED) is 0.639. The van der Waals surface area contributed by atoms with Crippen LogP contribution in [0.2, 0.25) is 0 Å². The predicted octanol–water partition coefficient (Wildman–Crippen LogP) is 1.65. The van der Waals surface area contributed by atoms with Crippen LogP contribution in [0.1, 0.15) is 25.7 Å². The first-order valence-electron chi connectivity index (χ1n) is 3.48. The van der Waals surface area contributed by atoms with E-state index in [-0.39, 0.29) is 5.60 Å². The molecule has 0 unspecified atom stereocenters. The highest BCUT2D eigenvalue weighted by Crippen LogP contribution is 2.31. The van der Waals surface area contributed by atoms with Crippen molar-refractivity contribution in [2.45, 2.75) is 31.3 Å². The average Bonchev–Trinajstić information content (AvgIpc) is 2.16. The number of hydrogen-bond donors (Lipinski definition) is 1. The molecule has 0 aliphatic heterocycles. The molecule has 54 valence electrons. The zero-order valence-electron chi connectivity index (χ0n) is 5.89.